The molecule has 0 atom stereocenters. The van der Waals surface area contributed by atoms with Gasteiger partial charge >= 0.3 is 29.6 Å². The molecule has 0 aliphatic heterocycles. The third-order valence-electron chi connectivity index (χ3n) is 5.75. The van der Waals surface area contributed by atoms with Crippen LogP contribution in [0.15, 0.2) is 0 Å². The Morgan fingerprint density at radius 2 is 1.52 bits per heavy atom. The summed E-state index contributed by atoms with van der Waals surface area (Å²) < 4.78 is 31.5. The first-order chi connectivity index (χ1) is 9.44. The maximum Gasteiger partial charge on any atom is 1.00 e. The fourth-order valence-electron chi connectivity index (χ4n) is 5.45. The Hall–Kier alpha value is 0.870. The maximum atomic E-state index is 10.5. The molecule has 0 aromatic rings. The first kappa shape index (κ1) is 18.2. The van der Waals surface area contributed by atoms with Crippen molar-refractivity contribution in [3.8, 4) is 0 Å². The normalized spacial score (nSPS) is 37.5. The summed E-state index contributed by atoms with van der Waals surface area (Å²) in [4.78, 5) is 0. The van der Waals surface area contributed by atoms with Crippen molar-refractivity contribution < 1.29 is 42.5 Å². The number of hydrogen-bond donors (Lipinski definition) is 1. The van der Waals surface area contributed by atoms with Crippen molar-refractivity contribution in [3.05, 3.63) is 0 Å². The van der Waals surface area contributed by atoms with Crippen molar-refractivity contribution in [1.29, 1.82) is 0 Å². The van der Waals surface area contributed by atoms with Crippen LogP contribution in [0.2, 0.25) is 0 Å². The zero-order valence-corrected chi connectivity index (χ0v) is 16.0. The molecule has 4 aliphatic carbocycles. The second-order valence-electron chi connectivity index (χ2n) is 7.53. The molecule has 4 fully saturated rings. The summed E-state index contributed by atoms with van der Waals surface area (Å²) >= 11 is 0. The van der Waals surface area contributed by atoms with Crippen molar-refractivity contribution in [2.24, 2.45) is 23.2 Å². The van der Waals surface area contributed by atoms with E-state index in [1.54, 1.807) is 0 Å². The van der Waals surface area contributed by atoms with Crippen LogP contribution >= 0.6 is 0 Å². The Bertz CT molecular complexity index is 417. The predicted molar refractivity (Wildman–Crippen MR) is 77.3 cm³/mol. The van der Waals surface area contributed by atoms with Crippen LogP contribution in [0.5, 0.6) is 0 Å². The van der Waals surface area contributed by atoms with Crippen molar-refractivity contribution in [1.82, 2.24) is 5.32 Å². The fourth-order valence-corrected chi connectivity index (χ4v) is 5.95. The van der Waals surface area contributed by atoms with Crippen LogP contribution in [0, 0.1) is 23.2 Å². The molecule has 116 valence electrons. The van der Waals surface area contributed by atoms with Gasteiger partial charge in [-0.3, -0.25) is 0 Å². The topological polar surface area (TPSA) is 69.2 Å². The largest absolute Gasteiger partial charge is 1.00 e. The van der Waals surface area contributed by atoms with Gasteiger partial charge in [-0.25, -0.2) is 8.42 Å². The van der Waals surface area contributed by atoms with Crippen LogP contribution in [-0.4, -0.2) is 31.8 Å². The summed E-state index contributed by atoms with van der Waals surface area (Å²) in [6.45, 7) is 1.62. The van der Waals surface area contributed by atoms with Gasteiger partial charge in [0.1, 0.15) is 0 Å². The molecule has 6 heteroatoms. The van der Waals surface area contributed by atoms with E-state index in [1.165, 1.54) is 44.9 Å². The Balaban J connectivity index is 0.00000161. The van der Waals surface area contributed by atoms with E-state index in [9.17, 15) is 13.0 Å². The molecular formula is C15H26NNaO3S. The zero-order valence-electron chi connectivity index (χ0n) is 13.1. The molecule has 0 amide bonds. The molecule has 0 spiro atoms. The Labute approximate surface area is 150 Å². The summed E-state index contributed by atoms with van der Waals surface area (Å²) in [5.74, 6) is 2.74. The fraction of sp³-hybridized carbons (Fsp3) is 1.00. The summed E-state index contributed by atoms with van der Waals surface area (Å²) in [5.41, 5.74) is 0.590. The van der Waals surface area contributed by atoms with E-state index >= 15 is 0 Å². The molecule has 4 nitrogen and oxygen atoms in total. The van der Waals surface area contributed by atoms with E-state index in [1.807, 2.05) is 0 Å². The molecule has 0 radical (unpaired) electrons. The minimum absolute atomic E-state index is 0. The van der Waals surface area contributed by atoms with Crippen molar-refractivity contribution in [2.45, 2.75) is 51.4 Å². The van der Waals surface area contributed by atoms with Crippen LogP contribution in [0.25, 0.3) is 0 Å². The summed E-state index contributed by atoms with van der Waals surface area (Å²) in [5, 5.41) is 3.33. The van der Waals surface area contributed by atoms with Crippen LogP contribution < -0.4 is 34.9 Å². The standard InChI is InChI=1S/C15H27NO3S.Na/c17-20(18,19)5-1-3-16-4-2-15-9-12-6-13(10-15)8-14(7-12)11-15;/h12-14,16H,1-11H2,(H,17,18,19);/q;+1/p-1. The molecule has 4 rings (SSSR count). The van der Waals surface area contributed by atoms with E-state index in [-0.39, 0.29) is 35.3 Å². The number of hydrogen-bond acceptors (Lipinski definition) is 4. The molecule has 21 heavy (non-hydrogen) atoms. The SMILES string of the molecule is O=S(=O)([O-])CCCNCCC12CC3CC(CC(C3)C1)C2.[Na+]. The van der Waals surface area contributed by atoms with Crippen LogP contribution in [0.4, 0.5) is 0 Å². The Morgan fingerprint density at radius 1 is 1.00 bits per heavy atom. The van der Waals surface area contributed by atoms with Crippen molar-refractivity contribution in [2.75, 3.05) is 18.8 Å². The molecular weight excluding hydrogens is 297 g/mol. The average Bonchev–Trinajstić information content (AvgIpc) is 2.30. The zero-order chi connectivity index (χ0) is 14.2. The second-order valence-corrected chi connectivity index (χ2v) is 9.06. The van der Waals surface area contributed by atoms with E-state index in [2.05, 4.69) is 5.32 Å². The van der Waals surface area contributed by atoms with Gasteiger partial charge < -0.3 is 9.87 Å². The molecule has 0 unspecified atom stereocenters. The molecule has 0 heterocycles. The van der Waals surface area contributed by atoms with E-state index in [4.69, 9.17) is 0 Å². The number of rotatable bonds is 7. The van der Waals surface area contributed by atoms with Crippen molar-refractivity contribution in [3.63, 3.8) is 0 Å². The molecule has 1 N–H and O–H groups in total. The van der Waals surface area contributed by atoms with Gasteiger partial charge in [-0.05, 0) is 87.6 Å². The minimum Gasteiger partial charge on any atom is -0.748 e. The van der Waals surface area contributed by atoms with Crippen LogP contribution in [-0.2, 0) is 10.1 Å². The van der Waals surface area contributed by atoms with Crippen LogP contribution in [0.3, 0.4) is 0 Å². The van der Waals surface area contributed by atoms with Crippen LogP contribution in [0.1, 0.15) is 51.4 Å². The van der Waals surface area contributed by atoms with Gasteiger partial charge in [-0.1, -0.05) is 0 Å². The van der Waals surface area contributed by atoms with Gasteiger partial charge in [0.25, 0.3) is 0 Å². The number of nitrogens with one attached hydrogen (secondary N) is 1. The van der Waals surface area contributed by atoms with Gasteiger partial charge in [0.2, 0.25) is 0 Å². The summed E-state index contributed by atoms with van der Waals surface area (Å²) in [6.07, 6.45) is 10.4. The van der Waals surface area contributed by atoms with Gasteiger partial charge in [0.05, 0.1) is 10.1 Å². The monoisotopic (exact) mass is 323 g/mol. The maximum absolute atomic E-state index is 10.5. The smallest absolute Gasteiger partial charge is 0.748 e. The molecule has 0 saturated heterocycles. The third kappa shape index (κ3) is 4.92. The molecule has 4 aliphatic rings. The average molecular weight is 323 g/mol. The van der Waals surface area contributed by atoms with Crippen molar-refractivity contribution >= 4 is 10.1 Å². The minimum atomic E-state index is -4.04. The predicted octanol–water partition coefficient (Wildman–Crippen LogP) is -0.878. The van der Waals surface area contributed by atoms with Gasteiger partial charge in [0, 0.05) is 5.75 Å². The molecule has 0 aromatic heterocycles. The third-order valence-corrected chi connectivity index (χ3v) is 6.53. The molecule has 4 bridgehead atoms. The Kier molecular flexibility index (Phi) is 6.23. The Morgan fingerprint density at radius 3 is 2.00 bits per heavy atom. The quantitative estimate of drug-likeness (QED) is 0.375. The second kappa shape index (κ2) is 7.18. The van der Waals surface area contributed by atoms with E-state index < -0.39 is 10.1 Å². The summed E-state index contributed by atoms with van der Waals surface area (Å²) in [7, 11) is -4.04. The first-order valence-electron chi connectivity index (χ1n) is 8.08. The summed E-state index contributed by atoms with van der Waals surface area (Å²) in [6, 6.07) is 0. The van der Waals surface area contributed by atoms with Gasteiger partial charge in [-0.2, -0.15) is 0 Å². The molecule has 0 aromatic carbocycles. The van der Waals surface area contributed by atoms with E-state index in [0.29, 0.717) is 18.4 Å². The van der Waals surface area contributed by atoms with Gasteiger partial charge in [0.15, 0.2) is 0 Å². The van der Waals surface area contributed by atoms with E-state index in [0.717, 1.165) is 24.3 Å². The molecule has 4 saturated carbocycles. The first-order valence-corrected chi connectivity index (χ1v) is 9.66. The van der Waals surface area contributed by atoms with Gasteiger partial charge in [-0.15, -0.1) is 0 Å².